The van der Waals surface area contributed by atoms with Gasteiger partial charge in [0.2, 0.25) is 59.1 Å². The highest BCUT2D eigenvalue weighted by atomic mass is 16.4. The number of primary amides is 2. The van der Waals surface area contributed by atoms with Crippen molar-refractivity contribution < 1.29 is 73.2 Å². The van der Waals surface area contributed by atoms with E-state index in [2.05, 4.69) is 44.1 Å². The molecule has 25 heteroatoms. The summed E-state index contributed by atoms with van der Waals surface area (Å²) in [7, 11) is 0. The van der Waals surface area contributed by atoms with Crippen LogP contribution in [0.2, 0.25) is 0 Å². The Morgan fingerprint density at radius 3 is 1.76 bits per heavy atom. The molecule has 0 saturated carbocycles. The SMILES string of the molecule is CCCCCCCCCCCC[C@H]1CC(=O)N[C@@H](CC(N)=O)C(=O)N[C@H](Cc2ccc(O)cc2)C(=O)N[C@H](CC(N)=O)C(=O)N2CCC[C@H]2C(=O)N[C@@H](CCC(=O)O)C(=O)N[C@H](CO)C(=O)N[C@@H]([C@@H](C)O)C(=O)N1. The first-order valence-electron chi connectivity index (χ1n) is 25.4. The third-order valence-corrected chi connectivity index (χ3v) is 12.8. The van der Waals surface area contributed by atoms with Crippen molar-refractivity contribution in [3.05, 3.63) is 29.8 Å². The monoisotopic (exact) mass is 1040 g/mol. The molecule has 0 unspecified atom stereocenters. The molecule has 74 heavy (non-hydrogen) atoms. The molecule has 1 aromatic carbocycles. The number of hydrogen-bond acceptors (Lipinski definition) is 14. The van der Waals surface area contributed by atoms with Crippen LogP contribution < -0.4 is 48.7 Å². The number of nitrogens with two attached hydrogens (primary N) is 2. The van der Waals surface area contributed by atoms with Crippen molar-refractivity contribution in [2.45, 2.75) is 190 Å². The number of carbonyl (C=O) groups is 11. The third kappa shape index (κ3) is 21.3. The van der Waals surface area contributed by atoms with Crippen molar-refractivity contribution in [3.63, 3.8) is 0 Å². The van der Waals surface area contributed by atoms with Gasteiger partial charge in [-0.05, 0) is 50.3 Å². The first-order chi connectivity index (χ1) is 35.1. The molecule has 2 aliphatic rings. The first kappa shape index (κ1) is 61.4. The van der Waals surface area contributed by atoms with Crippen LogP contribution in [0.15, 0.2) is 24.3 Å². The number of aliphatic hydroxyl groups excluding tert-OH is 2. The number of phenols is 1. The molecule has 25 nitrogen and oxygen atoms in total. The van der Waals surface area contributed by atoms with Gasteiger partial charge in [-0.3, -0.25) is 52.7 Å². The fourth-order valence-electron chi connectivity index (χ4n) is 8.74. The Kier molecular flexibility index (Phi) is 26.3. The van der Waals surface area contributed by atoms with E-state index in [1.807, 2.05) is 0 Å². The average molecular weight is 1050 g/mol. The number of aliphatic hydroxyl groups is 2. The fourth-order valence-corrected chi connectivity index (χ4v) is 8.74. The molecule has 412 valence electrons. The van der Waals surface area contributed by atoms with Gasteiger partial charge < -0.3 is 74.0 Å². The van der Waals surface area contributed by atoms with Crippen LogP contribution in [0.1, 0.15) is 135 Å². The summed E-state index contributed by atoms with van der Waals surface area (Å²) in [4.78, 5) is 149. The van der Waals surface area contributed by atoms with Gasteiger partial charge in [-0.25, -0.2) is 0 Å². The minimum atomic E-state index is -1.84. The number of phenolic OH excluding ortho intramolecular Hbond substituents is 1. The van der Waals surface area contributed by atoms with Crippen molar-refractivity contribution in [1.82, 2.24) is 42.1 Å². The molecule has 3 rings (SSSR count). The highest BCUT2D eigenvalue weighted by Crippen LogP contribution is 2.21. The number of aromatic hydroxyl groups is 1. The lowest BCUT2D eigenvalue weighted by Crippen LogP contribution is -2.61. The Morgan fingerprint density at radius 2 is 1.18 bits per heavy atom. The van der Waals surface area contributed by atoms with Crippen molar-refractivity contribution in [2.24, 2.45) is 11.5 Å². The molecule has 2 aliphatic heterocycles. The van der Waals surface area contributed by atoms with Crippen LogP contribution in [-0.4, -0.2) is 158 Å². The molecule has 1 aromatic rings. The number of nitrogens with zero attached hydrogens (tertiary/aromatic N) is 1. The molecule has 0 aliphatic carbocycles. The minimum Gasteiger partial charge on any atom is -0.508 e. The average Bonchev–Trinajstić information content (AvgIpc) is 3.83. The Hall–Kier alpha value is -6.89. The van der Waals surface area contributed by atoms with Gasteiger partial charge in [0.15, 0.2) is 0 Å². The summed E-state index contributed by atoms with van der Waals surface area (Å²) in [5, 5.41) is 57.4. The van der Waals surface area contributed by atoms with Crippen LogP contribution >= 0.6 is 0 Å². The molecular weight excluding hydrogens is 969 g/mol. The lowest BCUT2D eigenvalue weighted by Gasteiger charge is -2.30. The number of hydrogen-bond donors (Lipinski definition) is 13. The summed E-state index contributed by atoms with van der Waals surface area (Å²) < 4.78 is 0. The number of rotatable bonds is 22. The second kappa shape index (κ2) is 31.6. The number of nitrogens with one attached hydrogen (secondary N) is 7. The zero-order valence-electron chi connectivity index (χ0n) is 42.2. The number of carbonyl (C=O) groups excluding carboxylic acids is 10. The highest BCUT2D eigenvalue weighted by molar-refractivity contribution is 6.00. The van der Waals surface area contributed by atoms with E-state index in [1.165, 1.54) is 37.6 Å². The standard InChI is InChI=1S/C49H76N10O15/c1-3-4-5-6-7-8-9-10-11-12-14-30-24-40(65)53-34(25-38(50)63)45(70)55-33(23-29-16-18-31(62)19-17-29)44(69)56-35(26-39(51)64)49(74)59-22-13-15-37(59)47(72)54-32(20-21-41(66)67)43(68)57-36(27-60)46(71)58-42(28(2)61)48(73)52-30/h16-19,28,30,32-37,42,60-62H,3-15,20-27H2,1-2H3,(H2,50,63)(H2,51,64)(H,52,73)(H,53,65)(H,54,72)(H,55,70)(H,56,69)(H,57,68)(H,58,71)(H,66,67)/t28-,30+,32+,33-,34+,35-,36-,37+,42+/m1/s1. The summed E-state index contributed by atoms with van der Waals surface area (Å²) in [6.07, 6.45) is 4.80. The molecule has 15 N–H and O–H groups in total. The summed E-state index contributed by atoms with van der Waals surface area (Å²) in [6, 6.07) is -7.32. The first-order valence-corrected chi connectivity index (χ1v) is 25.4. The van der Waals surface area contributed by atoms with Gasteiger partial charge in [-0.15, -0.1) is 0 Å². The smallest absolute Gasteiger partial charge is 0.303 e. The molecule has 0 spiro atoms. The van der Waals surface area contributed by atoms with Crippen LogP contribution in [0.4, 0.5) is 0 Å². The van der Waals surface area contributed by atoms with Crippen molar-refractivity contribution in [2.75, 3.05) is 13.2 Å². The van der Waals surface area contributed by atoms with Gasteiger partial charge in [0.1, 0.15) is 48.0 Å². The molecule has 0 radical (unpaired) electrons. The van der Waals surface area contributed by atoms with Crippen LogP contribution in [0.3, 0.4) is 0 Å². The van der Waals surface area contributed by atoms with Gasteiger partial charge >= 0.3 is 5.97 Å². The van der Waals surface area contributed by atoms with Crippen molar-refractivity contribution in [3.8, 4) is 5.75 Å². The maximum atomic E-state index is 14.3. The fraction of sp³-hybridized carbons (Fsp3) is 0.653. The van der Waals surface area contributed by atoms with E-state index in [-0.39, 0.29) is 38.0 Å². The summed E-state index contributed by atoms with van der Waals surface area (Å²) in [6.45, 7) is 2.12. The van der Waals surface area contributed by atoms with Gasteiger partial charge in [0.05, 0.1) is 25.6 Å². The third-order valence-electron chi connectivity index (χ3n) is 12.8. The number of aliphatic carboxylic acids is 1. The van der Waals surface area contributed by atoms with E-state index in [0.717, 1.165) is 49.8 Å². The molecule has 0 bridgehead atoms. The lowest BCUT2D eigenvalue weighted by molar-refractivity contribution is -0.143. The minimum absolute atomic E-state index is 0.0147. The molecule has 10 amide bonds. The largest absolute Gasteiger partial charge is 0.508 e. The Balaban J connectivity index is 2.10. The van der Waals surface area contributed by atoms with E-state index >= 15 is 0 Å². The Labute approximate surface area is 429 Å². The van der Waals surface area contributed by atoms with Crippen molar-refractivity contribution in [1.29, 1.82) is 0 Å². The van der Waals surface area contributed by atoms with Gasteiger partial charge in [-0.1, -0.05) is 83.3 Å². The Bertz CT molecular complexity index is 2110. The molecule has 2 saturated heterocycles. The van der Waals surface area contributed by atoms with E-state index < -0.39 is 158 Å². The van der Waals surface area contributed by atoms with Crippen LogP contribution in [0.25, 0.3) is 0 Å². The van der Waals surface area contributed by atoms with Crippen LogP contribution in [0, 0.1) is 0 Å². The maximum Gasteiger partial charge on any atom is 0.303 e. The summed E-state index contributed by atoms with van der Waals surface area (Å²) in [5.74, 6) is -11.9. The van der Waals surface area contributed by atoms with Crippen LogP contribution in [-0.2, 0) is 59.2 Å². The predicted molar refractivity (Wildman–Crippen MR) is 264 cm³/mol. The molecule has 9 atom stereocenters. The van der Waals surface area contributed by atoms with E-state index in [4.69, 9.17) is 11.5 Å². The quantitative estimate of drug-likeness (QED) is 0.0560. The Morgan fingerprint density at radius 1 is 0.649 bits per heavy atom. The van der Waals surface area contributed by atoms with E-state index in [0.29, 0.717) is 18.4 Å². The van der Waals surface area contributed by atoms with Gasteiger partial charge in [0.25, 0.3) is 0 Å². The number of unbranched alkanes of at least 4 members (excludes halogenated alkanes) is 9. The zero-order valence-corrected chi connectivity index (χ0v) is 42.2. The predicted octanol–water partition coefficient (Wildman–Crippen LogP) is -1.98. The van der Waals surface area contributed by atoms with E-state index in [1.54, 1.807) is 0 Å². The normalized spacial score (nSPS) is 24.6. The topological polar surface area (TPSA) is 408 Å². The maximum absolute atomic E-state index is 14.3. The number of amides is 10. The second-order valence-electron chi connectivity index (χ2n) is 19.0. The zero-order chi connectivity index (χ0) is 54.9. The van der Waals surface area contributed by atoms with Gasteiger partial charge in [0, 0.05) is 31.8 Å². The molecular formula is C49H76N10O15. The van der Waals surface area contributed by atoms with Gasteiger partial charge in [-0.2, -0.15) is 0 Å². The van der Waals surface area contributed by atoms with Crippen molar-refractivity contribution >= 4 is 65.0 Å². The molecule has 2 fully saturated rings. The van der Waals surface area contributed by atoms with Crippen LogP contribution in [0.5, 0.6) is 5.75 Å². The summed E-state index contributed by atoms with van der Waals surface area (Å²) in [5.41, 5.74) is 11.4. The number of carboxylic acid groups (broad SMARTS) is 1. The summed E-state index contributed by atoms with van der Waals surface area (Å²) >= 11 is 0. The lowest BCUT2D eigenvalue weighted by atomic mass is 10.0. The second-order valence-corrected chi connectivity index (χ2v) is 19.0. The number of benzene rings is 1. The molecule has 0 aromatic heterocycles. The number of carboxylic acids is 1. The number of fused-ring (bicyclic) bond motifs is 1. The molecule has 2 heterocycles. The van der Waals surface area contributed by atoms with E-state index in [9.17, 15) is 73.2 Å². The highest BCUT2D eigenvalue weighted by Gasteiger charge is 2.41.